The van der Waals surface area contributed by atoms with Crippen LogP contribution in [0.1, 0.15) is 21.5 Å². The van der Waals surface area contributed by atoms with Gasteiger partial charge in [0, 0.05) is 18.0 Å². The Kier molecular flexibility index (Phi) is 5.91. The summed E-state index contributed by atoms with van der Waals surface area (Å²) in [5, 5.41) is 15.2. The first-order valence-corrected chi connectivity index (χ1v) is 11.6. The highest BCUT2D eigenvalue weighted by Gasteiger charge is 2.36. The number of benzene rings is 2. The summed E-state index contributed by atoms with van der Waals surface area (Å²) in [4.78, 5) is 33.2. The molecule has 10 heteroatoms. The van der Waals surface area contributed by atoms with Crippen molar-refractivity contribution in [2.45, 2.75) is 0 Å². The second-order valence-corrected chi connectivity index (χ2v) is 8.92. The molecule has 5 rings (SSSR count). The molecule has 2 aromatic carbocycles. The third-order valence-electron chi connectivity index (χ3n) is 4.84. The number of amides is 1. The van der Waals surface area contributed by atoms with Crippen molar-refractivity contribution < 1.29 is 14.3 Å². The predicted octanol–water partition coefficient (Wildman–Crippen LogP) is 4.73. The molecule has 3 aromatic rings. The number of aliphatic imine (C=N–C) groups is 1. The number of fused-ring (bicyclic) bond motifs is 1. The Hall–Kier alpha value is -3.89. The Labute approximate surface area is 206 Å². The molecular weight excluding hydrogens is 518 g/mol. The number of carbonyl (C=O) groups excluding carboxylic acids is 2. The van der Waals surface area contributed by atoms with Gasteiger partial charge in [-0.15, -0.1) is 0 Å². The Morgan fingerprint density at radius 1 is 1.12 bits per heavy atom. The number of pyridine rings is 1. The number of hydrazone groups is 1. The average Bonchev–Trinajstić information content (AvgIpc) is 3.28. The van der Waals surface area contributed by atoms with Crippen molar-refractivity contribution in [3.63, 3.8) is 0 Å². The number of thioether (sulfide) groups is 1. The van der Waals surface area contributed by atoms with E-state index >= 15 is 0 Å². The van der Waals surface area contributed by atoms with Crippen LogP contribution in [0.4, 0.5) is 0 Å². The SMILES string of the molecule is N=C1/C(=C/c2ccc(OC(=O)c3ccccc3)c(Br)c2)C(=O)N=C2SC(c3cccnc3)=NN12. The summed E-state index contributed by atoms with van der Waals surface area (Å²) in [7, 11) is 0. The summed E-state index contributed by atoms with van der Waals surface area (Å²) in [6.45, 7) is 0. The monoisotopic (exact) mass is 531 g/mol. The standard InChI is InChI=1S/C24H14BrN5O3S/c25-18-12-14(8-9-19(18)33-23(32)15-5-2-1-3-6-15)11-17-20(26)30-24(28-21(17)31)34-22(29-30)16-7-4-10-27-13-16/h1-13,26H/b17-11-,26-20?. The molecule has 0 fully saturated rings. The molecule has 34 heavy (non-hydrogen) atoms. The number of nitrogens with zero attached hydrogens (tertiary/aromatic N) is 4. The number of nitrogens with one attached hydrogen (secondary N) is 1. The lowest BCUT2D eigenvalue weighted by Crippen LogP contribution is -2.35. The average molecular weight is 532 g/mol. The van der Waals surface area contributed by atoms with Gasteiger partial charge in [-0.25, -0.2) is 4.79 Å². The van der Waals surface area contributed by atoms with Gasteiger partial charge in [0.25, 0.3) is 5.91 Å². The summed E-state index contributed by atoms with van der Waals surface area (Å²) in [6.07, 6.45) is 4.88. The molecule has 1 N–H and O–H groups in total. The fraction of sp³-hybridized carbons (Fsp3) is 0. The zero-order valence-corrected chi connectivity index (χ0v) is 19.7. The summed E-state index contributed by atoms with van der Waals surface area (Å²) in [6, 6.07) is 17.3. The van der Waals surface area contributed by atoms with Crippen molar-refractivity contribution in [1.29, 1.82) is 5.41 Å². The molecule has 8 nitrogen and oxygen atoms in total. The minimum atomic E-state index is -0.526. The van der Waals surface area contributed by atoms with E-state index in [-0.39, 0.29) is 11.4 Å². The van der Waals surface area contributed by atoms with E-state index in [2.05, 4.69) is 31.0 Å². The lowest BCUT2D eigenvalue weighted by Gasteiger charge is -2.20. The maximum atomic E-state index is 12.7. The fourth-order valence-electron chi connectivity index (χ4n) is 3.19. The van der Waals surface area contributed by atoms with E-state index in [4.69, 9.17) is 10.1 Å². The number of hydrogen-bond acceptors (Lipinski definition) is 7. The quantitative estimate of drug-likeness (QED) is 0.296. The van der Waals surface area contributed by atoms with Gasteiger partial charge in [0.1, 0.15) is 10.8 Å². The zero-order chi connectivity index (χ0) is 23.7. The summed E-state index contributed by atoms with van der Waals surface area (Å²) >= 11 is 4.62. The van der Waals surface area contributed by atoms with E-state index in [1.165, 1.54) is 16.8 Å². The molecule has 0 atom stereocenters. The van der Waals surface area contributed by atoms with Gasteiger partial charge in [0.05, 0.1) is 15.6 Å². The molecule has 0 saturated carbocycles. The van der Waals surface area contributed by atoms with Crippen molar-refractivity contribution in [3.8, 4) is 5.75 Å². The van der Waals surface area contributed by atoms with Crippen molar-refractivity contribution in [2.24, 2.45) is 10.1 Å². The Balaban J connectivity index is 1.38. The number of aromatic nitrogens is 1. The highest BCUT2D eigenvalue weighted by molar-refractivity contribution is 9.10. The molecule has 1 aromatic heterocycles. The van der Waals surface area contributed by atoms with Crippen LogP contribution in [0.25, 0.3) is 6.08 Å². The van der Waals surface area contributed by atoms with Crippen LogP contribution in [0, 0.1) is 5.41 Å². The van der Waals surface area contributed by atoms with E-state index in [1.807, 2.05) is 12.1 Å². The Bertz CT molecular complexity index is 1420. The van der Waals surface area contributed by atoms with Gasteiger partial charge in [-0.3, -0.25) is 15.2 Å². The number of amidine groups is 2. The molecule has 0 radical (unpaired) electrons. The first kappa shape index (κ1) is 21.9. The summed E-state index contributed by atoms with van der Waals surface area (Å²) < 4.78 is 5.98. The number of esters is 1. The van der Waals surface area contributed by atoms with E-state index in [9.17, 15) is 9.59 Å². The van der Waals surface area contributed by atoms with Crippen molar-refractivity contribution in [2.75, 3.05) is 0 Å². The van der Waals surface area contributed by atoms with E-state index in [0.717, 1.165) is 5.56 Å². The molecule has 0 bridgehead atoms. The number of ether oxygens (including phenoxy) is 1. The molecule has 0 unspecified atom stereocenters. The van der Waals surface area contributed by atoms with Gasteiger partial charge in [0.2, 0.25) is 5.17 Å². The van der Waals surface area contributed by atoms with Crippen LogP contribution in [-0.4, -0.2) is 37.9 Å². The molecule has 2 aliphatic rings. The smallest absolute Gasteiger partial charge is 0.343 e. The second kappa shape index (κ2) is 9.16. The third-order valence-corrected chi connectivity index (χ3v) is 6.42. The van der Waals surface area contributed by atoms with Crippen LogP contribution in [-0.2, 0) is 4.79 Å². The Morgan fingerprint density at radius 3 is 2.68 bits per heavy atom. The molecule has 166 valence electrons. The van der Waals surface area contributed by atoms with Gasteiger partial charge in [0.15, 0.2) is 5.84 Å². The molecular formula is C24H14BrN5O3S. The van der Waals surface area contributed by atoms with Gasteiger partial charge in [-0.1, -0.05) is 24.3 Å². The lowest BCUT2D eigenvalue weighted by molar-refractivity contribution is -0.114. The van der Waals surface area contributed by atoms with E-state index in [0.29, 0.717) is 31.6 Å². The molecule has 1 amide bonds. The van der Waals surface area contributed by atoms with E-state index in [1.54, 1.807) is 67.0 Å². The molecule has 0 aliphatic carbocycles. The fourth-order valence-corrected chi connectivity index (χ4v) is 4.55. The highest BCUT2D eigenvalue weighted by Crippen LogP contribution is 2.32. The Morgan fingerprint density at radius 2 is 1.94 bits per heavy atom. The minimum Gasteiger partial charge on any atom is -0.422 e. The number of carbonyl (C=O) groups is 2. The number of halogens is 1. The van der Waals surface area contributed by atoms with Crippen molar-refractivity contribution in [1.82, 2.24) is 9.99 Å². The first-order valence-electron chi connectivity index (χ1n) is 9.97. The van der Waals surface area contributed by atoms with Crippen LogP contribution < -0.4 is 4.74 Å². The highest BCUT2D eigenvalue weighted by atomic mass is 79.9. The van der Waals surface area contributed by atoms with Crippen molar-refractivity contribution >= 4 is 61.7 Å². The van der Waals surface area contributed by atoms with Gasteiger partial charge < -0.3 is 4.74 Å². The van der Waals surface area contributed by atoms with Crippen LogP contribution in [0.15, 0.2) is 93.2 Å². The number of rotatable bonds is 4. The van der Waals surface area contributed by atoms with Crippen LogP contribution in [0.3, 0.4) is 0 Å². The largest absolute Gasteiger partial charge is 0.422 e. The van der Waals surface area contributed by atoms with Crippen LogP contribution in [0.2, 0.25) is 0 Å². The van der Waals surface area contributed by atoms with Crippen LogP contribution in [0.5, 0.6) is 5.75 Å². The topological polar surface area (TPSA) is 108 Å². The number of hydrogen-bond donors (Lipinski definition) is 1. The predicted molar refractivity (Wildman–Crippen MR) is 134 cm³/mol. The van der Waals surface area contributed by atoms with Crippen molar-refractivity contribution in [3.05, 3.63) is 99.8 Å². The van der Waals surface area contributed by atoms with Crippen LogP contribution >= 0.6 is 27.7 Å². The molecule has 0 saturated heterocycles. The molecule has 3 heterocycles. The third kappa shape index (κ3) is 4.33. The van der Waals surface area contributed by atoms with Gasteiger partial charge >= 0.3 is 5.97 Å². The normalized spacial score (nSPS) is 16.3. The maximum Gasteiger partial charge on any atom is 0.343 e. The minimum absolute atomic E-state index is 0.0721. The summed E-state index contributed by atoms with van der Waals surface area (Å²) in [5.41, 5.74) is 1.94. The molecule has 2 aliphatic heterocycles. The van der Waals surface area contributed by atoms with E-state index < -0.39 is 11.9 Å². The second-order valence-electron chi connectivity index (χ2n) is 7.11. The maximum absolute atomic E-state index is 12.7. The van der Waals surface area contributed by atoms with Gasteiger partial charge in [-0.2, -0.15) is 15.1 Å². The first-order chi connectivity index (χ1) is 16.5. The lowest BCUT2D eigenvalue weighted by atomic mass is 10.1. The molecule has 0 spiro atoms. The zero-order valence-electron chi connectivity index (χ0n) is 17.3. The summed E-state index contributed by atoms with van der Waals surface area (Å²) in [5.74, 6) is -0.741. The van der Waals surface area contributed by atoms with Gasteiger partial charge in [-0.05, 0) is 75.7 Å².